The van der Waals surface area contributed by atoms with Gasteiger partial charge in [0, 0.05) is 30.0 Å². The van der Waals surface area contributed by atoms with Gasteiger partial charge in [-0.15, -0.1) is 11.3 Å². The highest BCUT2D eigenvalue weighted by atomic mass is 32.1. The number of thiophene rings is 1. The van der Waals surface area contributed by atoms with Crippen molar-refractivity contribution in [1.29, 1.82) is 0 Å². The van der Waals surface area contributed by atoms with Gasteiger partial charge in [0.15, 0.2) is 0 Å². The Hall–Kier alpha value is -2.19. The molecule has 0 unspecified atom stereocenters. The number of nitrogens with one attached hydrogen (secondary N) is 1. The van der Waals surface area contributed by atoms with Crippen molar-refractivity contribution in [2.75, 3.05) is 38.0 Å². The summed E-state index contributed by atoms with van der Waals surface area (Å²) in [5.74, 6) is 1.14. The Morgan fingerprint density at radius 2 is 1.93 bits per heavy atom. The molecule has 7 nitrogen and oxygen atoms in total. The Morgan fingerprint density at radius 3 is 2.64 bits per heavy atom. The van der Waals surface area contributed by atoms with E-state index in [1.54, 1.807) is 17.5 Å². The van der Waals surface area contributed by atoms with Crippen molar-refractivity contribution in [2.24, 2.45) is 5.92 Å². The normalized spacial score (nSPS) is 18.5. The molecule has 2 aliphatic heterocycles. The molecule has 4 rings (SSSR count). The Bertz CT molecular complexity index is 789. The van der Waals surface area contributed by atoms with Crippen LogP contribution >= 0.6 is 11.3 Å². The Balaban J connectivity index is 1.24. The lowest BCUT2D eigenvalue weighted by molar-refractivity contribution is -0.136. The Morgan fingerprint density at radius 1 is 1.14 bits per heavy atom. The van der Waals surface area contributed by atoms with Crippen molar-refractivity contribution >= 4 is 29.0 Å². The summed E-state index contributed by atoms with van der Waals surface area (Å²) in [6, 6.07) is 5.90. The molecule has 0 spiro atoms. The number of aromatic nitrogens is 2. The fourth-order valence-corrected chi connectivity index (χ4v) is 4.72. The molecule has 1 N–H and O–H groups in total. The number of anilines is 1. The third kappa shape index (κ3) is 4.62. The van der Waals surface area contributed by atoms with Gasteiger partial charge in [0.1, 0.15) is 5.82 Å². The minimum absolute atomic E-state index is 0.0303. The van der Waals surface area contributed by atoms with Gasteiger partial charge in [0.25, 0.3) is 0 Å². The summed E-state index contributed by atoms with van der Waals surface area (Å²) in [5, 5.41) is 9.33. The molecule has 2 saturated heterocycles. The number of carbonyl (C=O) groups is 2. The van der Waals surface area contributed by atoms with Gasteiger partial charge in [-0.1, -0.05) is 6.07 Å². The molecule has 0 aliphatic carbocycles. The summed E-state index contributed by atoms with van der Waals surface area (Å²) in [7, 11) is 0. The van der Waals surface area contributed by atoms with Crippen molar-refractivity contribution in [3.05, 3.63) is 34.7 Å². The van der Waals surface area contributed by atoms with Crippen LogP contribution in [0.2, 0.25) is 0 Å². The molecule has 150 valence electrons. The number of piperidine rings is 1. The van der Waals surface area contributed by atoms with Crippen LogP contribution in [0.5, 0.6) is 0 Å². The van der Waals surface area contributed by atoms with Crippen LogP contribution in [-0.4, -0.2) is 64.1 Å². The van der Waals surface area contributed by atoms with E-state index >= 15 is 0 Å². The SMILES string of the molecule is O=C(CN1CCC(C(=O)N2CCCC2)CC1)Nc1ccnn1Cc1cccs1. The first-order chi connectivity index (χ1) is 13.7. The number of nitrogens with zero attached hydrogens (tertiary/aromatic N) is 4. The molecule has 2 aromatic rings. The maximum absolute atomic E-state index is 12.5. The van der Waals surface area contributed by atoms with E-state index in [0.29, 0.717) is 19.0 Å². The summed E-state index contributed by atoms with van der Waals surface area (Å²) in [6.07, 6.45) is 5.66. The van der Waals surface area contributed by atoms with E-state index < -0.39 is 0 Å². The standard InChI is InChI=1S/C20H27N5O2S/c26-19(22-18-5-8-21-25(18)14-17-4-3-13-28-17)15-23-11-6-16(7-12-23)20(27)24-9-1-2-10-24/h3-5,8,13,16H,1-2,6-7,9-12,14-15H2,(H,22,26). The monoisotopic (exact) mass is 401 g/mol. The van der Waals surface area contributed by atoms with Crippen LogP contribution < -0.4 is 5.32 Å². The predicted molar refractivity (Wildman–Crippen MR) is 109 cm³/mol. The number of rotatable bonds is 6. The number of hydrogen-bond acceptors (Lipinski definition) is 5. The highest BCUT2D eigenvalue weighted by Gasteiger charge is 2.30. The number of likely N-dealkylation sites (tertiary alicyclic amines) is 2. The van der Waals surface area contributed by atoms with E-state index in [2.05, 4.69) is 21.4 Å². The maximum Gasteiger partial charge on any atom is 0.239 e. The molecule has 0 bridgehead atoms. The van der Waals surface area contributed by atoms with Gasteiger partial charge >= 0.3 is 0 Å². The van der Waals surface area contributed by atoms with E-state index in [0.717, 1.165) is 57.7 Å². The smallest absolute Gasteiger partial charge is 0.239 e. The first-order valence-electron chi connectivity index (χ1n) is 10.0. The first-order valence-corrected chi connectivity index (χ1v) is 10.9. The predicted octanol–water partition coefficient (Wildman–Crippen LogP) is 2.27. The van der Waals surface area contributed by atoms with Crippen LogP contribution in [0, 0.1) is 5.92 Å². The lowest BCUT2D eigenvalue weighted by Crippen LogP contribution is -2.44. The molecule has 0 saturated carbocycles. The van der Waals surface area contributed by atoms with Gasteiger partial charge in [0.2, 0.25) is 11.8 Å². The summed E-state index contributed by atoms with van der Waals surface area (Å²) in [5.41, 5.74) is 0. The van der Waals surface area contributed by atoms with Crippen LogP contribution in [0.4, 0.5) is 5.82 Å². The zero-order valence-corrected chi connectivity index (χ0v) is 16.9. The van der Waals surface area contributed by atoms with Crippen molar-refractivity contribution in [2.45, 2.75) is 32.2 Å². The van der Waals surface area contributed by atoms with Crippen LogP contribution in [0.25, 0.3) is 0 Å². The van der Waals surface area contributed by atoms with Gasteiger partial charge in [-0.2, -0.15) is 5.10 Å². The number of amides is 2. The summed E-state index contributed by atoms with van der Waals surface area (Å²) in [4.78, 5) is 30.4. The summed E-state index contributed by atoms with van der Waals surface area (Å²) in [6.45, 7) is 4.44. The molecular formula is C20H27N5O2S. The van der Waals surface area contributed by atoms with E-state index in [4.69, 9.17) is 0 Å². The molecule has 2 aliphatic rings. The second kappa shape index (κ2) is 8.87. The second-order valence-electron chi connectivity index (χ2n) is 7.58. The fraction of sp³-hybridized carbons (Fsp3) is 0.550. The van der Waals surface area contributed by atoms with Crippen molar-refractivity contribution in [3.63, 3.8) is 0 Å². The highest BCUT2D eigenvalue weighted by molar-refractivity contribution is 7.09. The summed E-state index contributed by atoms with van der Waals surface area (Å²) < 4.78 is 1.81. The zero-order valence-electron chi connectivity index (χ0n) is 16.0. The van der Waals surface area contributed by atoms with E-state index in [1.807, 2.05) is 27.1 Å². The molecule has 2 aromatic heterocycles. The molecular weight excluding hydrogens is 374 g/mol. The molecule has 8 heteroatoms. The van der Waals surface area contributed by atoms with Crippen molar-refractivity contribution in [3.8, 4) is 0 Å². The average molecular weight is 402 g/mol. The topological polar surface area (TPSA) is 70.5 Å². The quantitative estimate of drug-likeness (QED) is 0.806. The maximum atomic E-state index is 12.5. The van der Waals surface area contributed by atoms with Gasteiger partial charge in [-0.3, -0.25) is 14.5 Å². The molecule has 0 aromatic carbocycles. The van der Waals surface area contributed by atoms with Crippen LogP contribution in [0.15, 0.2) is 29.8 Å². The molecule has 28 heavy (non-hydrogen) atoms. The van der Waals surface area contributed by atoms with Gasteiger partial charge in [0.05, 0.1) is 19.3 Å². The molecule has 0 atom stereocenters. The van der Waals surface area contributed by atoms with Crippen LogP contribution in [-0.2, 0) is 16.1 Å². The fourth-order valence-electron chi connectivity index (χ4n) is 4.03. The molecule has 0 radical (unpaired) electrons. The van der Waals surface area contributed by atoms with Gasteiger partial charge < -0.3 is 10.2 Å². The minimum Gasteiger partial charge on any atom is -0.342 e. The van der Waals surface area contributed by atoms with Crippen LogP contribution in [0.3, 0.4) is 0 Å². The van der Waals surface area contributed by atoms with Crippen molar-refractivity contribution in [1.82, 2.24) is 19.6 Å². The third-order valence-corrected chi connectivity index (χ3v) is 6.45. The largest absolute Gasteiger partial charge is 0.342 e. The molecule has 2 amide bonds. The van der Waals surface area contributed by atoms with Crippen LogP contribution in [0.1, 0.15) is 30.6 Å². The lowest BCUT2D eigenvalue weighted by Gasteiger charge is -2.32. The van der Waals surface area contributed by atoms with E-state index in [9.17, 15) is 9.59 Å². The molecule has 2 fully saturated rings. The second-order valence-corrected chi connectivity index (χ2v) is 8.62. The molecule has 4 heterocycles. The van der Waals surface area contributed by atoms with Gasteiger partial charge in [-0.25, -0.2) is 4.68 Å². The summed E-state index contributed by atoms with van der Waals surface area (Å²) >= 11 is 1.68. The Labute approximate surface area is 169 Å². The Kier molecular flexibility index (Phi) is 6.07. The average Bonchev–Trinajstić information content (AvgIpc) is 3.46. The van der Waals surface area contributed by atoms with E-state index in [-0.39, 0.29) is 11.8 Å². The highest BCUT2D eigenvalue weighted by Crippen LogP contribution is 2.22. The zero-order chi connectivity index (χ0) is 19.3. The number of hydrogen-bond donors (Lipinski definition) is 1. The third-order valence-electron chi connectivity index (χ3n) is 5.59. The van der Waals surface area contributed by atoms with Crippen molar-refractivity contribution < 1.29 is 9.59 Å². The minimum atomic E-state index is -0.0303. The van der Waals surface area contributed by atoms with E-state index in [1.165, 1.54) is 4.88 Å². The first kappa shape index (κ1) is 19.1. The number of carbonyl (C=O) groups excluding carboxylic acids is 2. The van der Waals surface area contributed by atoms with Gasteiger partial charge in [-0.05, 0) is 50.2 Å². The lowest BCUT2D eigenvalue weighted by atomic mass is 9.95.